The van der Waals surface area contributed by atoms with Gasteiger partial charge in [-0.3, -0.25) is 19.0 Å². The van der Waals surface area contributed by atoms with Crippen LogP contribution in [0.15, 0.2) is 65.2 Å². The minimum Gasteiger partial charge on any atom is -0.491 e. The highest BCUT2D eigenvalue weighted by Crippen LogP contribution is 2.42. The molecule has 1 aliphatic carbocycles. The van der Waals surface area contributed by atoms with Crippen molar-refractivity contribution >= 4 is 39.0 Å². The Labute approximate surface area is 294 Å². The number of allylic oxidation sites excluding steroid dienone is 1. The molecule has 0 spiro atoms. The fourth-order valence-electron chi connectivity index (χ4n) is 6.99. The van der Waals surface area contributed by atoms with Gasteiger partial charge in [-0.15, -0.1) is 4.36 Å². The van der Waals surface area contributed by atoms with Crippen LogP contribution in [0.2, 0.25) is 5.02 Å². The molecule has 3 aliphatic rings. The summed E-state index contributed by atoms with van der Waals surface area (Å²) < 4.78 is 35.1. The quantitative estimate of drug-likeness (QED) is 0.303. The molecule has 3 aromatic rings. The number of anilines is 1. The van der Waals surface area contributed by atoms with Crippen LogP contribution in [0.25, 0.3) is 0 Å². The first-order valence-electron chi connectivity index (χ1n) is 17.3. The Balaban J connectivity index is 1.37. The fourth-order valence-corrected chi connectivity index (χ4v) is 8.81. The summed E-state index contributed by atoms with van der Waals surface area (Å²) >= 11 is 6.45. The number of hydrogen-bond donors (Lipinski definition) is 1. The third-order valence-corrected chi connectivity index (χ3v) is 11.9. The minimum atomic E-state index is -3.42. The SMILES string of the molecule is CO[C@H]1/C=C/CCCS(=O)(NC(=O)CCc2ccn(C)n2)=NC(=O)c2ccc3c(c2)N(Cc2ccc(Cl)cc2CCCCO3)C[C@@H]2CC[C@H]21. The number of nitrogens with one attached hydrogen (secondary N) is 1. The van der Waals surface area contributed by atoms with Gasteiger partial charge in [0.05, 0.1) is 29.8 Å². The summed E-state index contributed by atoms with van der Waals surface area (Å²) in [5, 5.41) is 5.04. The van der Waals surface area contributed by atoms with E-state index in [1.807, 2.05) is 37.5 Å². The number of aromatic nitrogens is 2. The second kappa shape index (κ2) is 15.9. The number of ether oxygens (including phenoxy) is 2. The van der Waals surface area contributed by atoms with Crippen molar-refractivity contribution in [2.75, 3.05) is 30.9 Å². The van der Waals surface area contributed by atoms with Crippen molar-refractivity contribution in [1.82, 2.24) is 14.5 Å². The van der Waals surface area contributed by atoms with E-state index in [2.05, 4.69) is 43.4 Å². The van der Waals surface area contributed by atoms with E-state index in [-0.39, 0.29) is 18.3 Å². The predicted octanol–water partition coefficient (Wildman–Crippen LogP) is 6.46. The first-order chi connectivity index (χ1) is 23.7. The molecule has 2 amide bonds. The number of methoxy groups -OCH3 is 1. The van der Waals surface area contributed by atoms with Gasteiger partial charge in [0.15, 0.2) is 0 Å². The van der Waals surface area contributed by atoms with Gasteiger partial charge in [0.2, 0.25) is 5.91 Å². The number of nitrogens with zero attached hydrogens (tertiary/aromatic N) is 4. The average Bonchev–Trinajstić information content (AvgIpc) is 3.48. The van der Waals surface area contributed by atoms with E-state index in [1.165, 1.54) is 11.1 Å². The highest BCUT2D eigenvalue weighted by molar-refractivity contribution is 7.92. The Morgan fingerprint density at radius 1 is 1.12 bits per heavy atom. The number of hydrogen-bond acceptors (Lipinski definition) is 7. The lowest BCUT2D eigenvalue weighted by Crippen LogP contribution is -2.43. The molecule has 1 N–H and O–H groups in total. The third-order valence-electron chi connectivity index (χ3n) is 9.80. The lowest BCUT2D eigenvalue weighted by atomic mass is 9.70. The molecule has 2 bridgehead atoms. The summed E-state index contributed by atoms with van der Waals surface area (Å²) in [5.74, 6) is 0.374. The molecule has 49 heavy (non-hydrogen) atoms. The monoisotopic (exact) mass is 707 g/mol. The smallest absolute Gasteiger partial charge is 0.286 e. The van der Waals surface area contributed by atoms with Gasteiger partial charge >= 0.3 is 0 Å². The molecule has 2 aromatic carbocycles. The molecule has 262 valence electrons. The Kier molecular flexibility index (Phi) is 11.4. The van der Waals surface area contributed by atoms with Crippen LogP contribution >= 0.6 is 11.6 Å². The molecule has 2 aliphatic heterocycles. The Morgan fingerprint density at radius 3 is 2.78 bits per heavy atom. The number of aryl methyl sites for hydroxylation is 3. The molecule has 0 saturated heterocycles. The molecule has 0 radical (unpaired) electrons. The fraction of sp³-hybridized carbons (Fsp3) is 0.486. The summed E-state index contributed by atoms with van der Waals surface area (Å²) in [6.07, 6.45) is 12.4. The largest absolute Gasteiger partial charge is 0.491 e. The lowest BCUT2D eigenvalue weighted by molar-refractivity contribution is -0.119. The first-order valence-corrected chi connectivity index (χ1v) is 19.3. The van der Waals surface area contributed by atoms with E-state index >= 15 is 0 Å². The summed E-state index contributed by atoms with van der Waals surface area (Å²) in [5.41, 5.74) is 4.24. The van der Waals surface area contributed by atoms with E-state index in [0.717, 1.165) is 50.0 Å². The Hall–Kier alpha value is -3.67. The maximum atomic E-state index is 14.2. The van der Waals surface area contributed by atoms with Crippen LogP contribution in [0.1, 0.15) is 72.1 Å². The van der Waals surface area contributed by atoms with E-state index < -0.39 is 21.7 Å². The van der Waals surface area contributed by atoms with Gasteiger partial charge in [-0.05, 0) is 104 Å². The zero-order chi connectivity index (χ0) is 34.4. The maximum Gasteiger partial charge on any atom is 0.286 e. The van der Waals surface area contributed by atoms with Gasteiger partial charge in [-0.1, -0.05) is 29.8 Å². The van der Waals surface area contributed by atoms with Crippen LogP contribution in [0, 0.1) is 11.8 Å². The van der Waals surface area contributed by atoms with Crippen molar-refractivity contribution in [3.63, 3.8) is 0 Å². The Bertz CT molecular complexity index is 1820. The van der Waals surface area contributed by atoms with E-state index in [4.69, 9.17) is 21.1 Å². The van der Waals surface area contributed by atoms with Gasteiger partial charge < -0.3 is 14.4 Å². The minimum absolute atomic E-state index is 0.0433. The molecule has 3 heterocycles. The number of halogens is 1. The number of carbonyl (C=O) groups is 2. The first kappa shape index (κ1) is 35.2. The second-order valence-electron chi connectivity index (χ2n) is 13.3. The zero-order valence-electron chi connectivity index (χ0n) is 28.3. The molecular formula is C37H46ClN5O5S. The van der Waals surface area contributed by atoms with Gasteiger partial charge in [0.1, 0.15) is 15.7 Å². The number of rotatable bonds is 5. The highest BCUT2D eigenvalue weighted by Gasteiger charge is 2.38. The maximum absolute atomic E-state index is 14.2. The van der Waals surface area contributed by atoms with Crippen LogP contribution in [0.5, 0.6) is 5.75 Å². The topological polar surface area (TPSA) is 115 Å². The van der Waals surface area contributed by atoms with Gasteiger partial charge in [0.25, 0.3) is 5.91 Å². The van der Waals surface area contributed by atoms with Crippen LogP contribution in [0.4, 0.5) is 5.69 Å². The van der Waals surface area contributed by atoms with E-state index in [1.54, 1.807) is 17.9 Å². The number of benzene rings is 2. The molecular weight excluding hydrogens is 662 g/mol. The molecule has 1 aromatic heterocycles. The molecule has 6 rings (SSSR count). The molecule has 10 nitrogen and oxygen atoms in total. The number of carbonyl (C=O) groups excluding carboxylic acids is 2. The third kappa shape index (κ3) is 8.93. The van der Waals surface area contributed by atoms with Gasteiger partial charge in [-0.25, -0.2) is 4.21 Å². The van der Waals surface area contributed by atoms with Crippen LogP contribution in [-0.4, -0.2) is 57.9 Å². The van der Waals surface area contributed by atoms with Crippen molar-refractivity contribution < 1.29 is 23.3 Å². The van der Waals surface area contributed by atoms with Crippen molar-refractivity contribution in [1.29, 1.82) is 0 Å². The average molecular weight is 708 g/mol. The summed E-state index contributed by atoms with van der Waals surface area (Å²) in [4.78, 5) is 29.2. The molecule has 1 saturated carbocycles. The summed E-state index contributed by atoms with van der Waals surface area (Å²) in [7, 11) is 0.144. The number of amides is 2. The Morgan fingerprint density at radius 2 is 2.00 bits per heavy atom. The normalized spacial score (nSPS) is 25.3. The van der Waals surface area contributed by atoms with E-state index in [9.17, 15) is 13.8 Å². The van der Waals surface area contributed by atoms with Crippen molar-refractivity contribution in [3.8, 4) is 5.75 Å². The van der Waals surface area contributed by atoms with Gasteiger partial charge in [-0.2, -0.15) is 5.10 Å². The second-order valence-corrected chi connectivity index (χ2v) is 15.8. The predicted molar refractivity (Wildman–Crippen MR) is 192 cm³/mol. The van der Waals surface area contributed by atoms with Crippen LogP contribution < -0.4 is 14.4 Å². The molecule has 1 fully saturated rings. The van der Waals surface area contributed by atoms with Gasteiger partial charge in [0, 0.05) is 56.9 Å². The van der Waals surface area contributed by atoms with Crippen LogP contribution in [-0.2, 0) is 45.9 Å². The number of fused-ring (bicyclic) bond motifs is 3. The van der Waals surface area contributed by atoms with Crippen molar-refractivity contribution in [2.24, 2.45) is 23.2 Å². The zero-order valence-corrected chi connectivity index (χ0v) is 29.9. The van der Waals surface area contributed by atoms with E-state index in [0.29, 0.717) is 60.6 Å². The lowest BCUT2D eigenvalue weighted by Gasteiger charge is -2.43. The summed E-state index contributed by atoms with van der Waals surface area (Å²) in [6, 6.07) is 13.2. The highest BCUT2D eigenvalue weighted by atomic mass is 35.5. The molecule has 1 unspecified atom stereocenters. The molecule has 4 atom stereocenters. The summed E-state index contributed by atoms with van der Waals surface area (Å²) in [6.45, 7) is 1.89. The van der Waals surface area contributed by atoms with Crippen LogP contribution in [0.3, 0.4) is 0 Å². The van der Waals surface area contributed by atoms with Crippen molar-refractivity contribution in [2.45, 2.75) is 70.4 Å². The standard InChI is InChI=1S/C37H46ClN5O5S/c1-42-19-18-31(39-42)14-17-36(44)40-49(46)21-7-3-4-9-34(47-2)32-15-11-29(32)25-43-24-28-10-13-30(38)22-26(28)8-5-6-20-48-35-16-12-27(23-33(35)43)37(45)41-49/h4,9-10,12-13,16,18-19,22-23,29,32,34H,3,5-8,11,14-15,17,20-21,24-25H2,1-2H3,(H,40,41,44,45,46)/b9-4+/t29-,32+,34-,49?/m0/s1. The molecule has 12 heteroatoms. The van der Waals surface area contributed by atoms with Crippen molar-refractivity contribution in [3.05, 3.63) is 88.2 Å².